The predicted octanol–water partition coefficient (Wildman–Crippen LogP) is 5.56. The van der Waals surface area contributed by atoms with Crippen LogP contribution in [0.2, 0.25) is 0 Å². The van der Waals surface area contributed by atoms with Crippen LogP contribution in [0.3, 0.4) is 0 Å². The van der Waals surface area contributed by atoms with Gasteiger partial charge in [-0.1, -0.05) is 64.4 Å². The Morgan fingerprint density at radius 2 is 1.69 bits per heavy atom. The number of hydrogen-bond donors (Lipinski definition) is 0. The zero-order chi connectivity index (χ0) is 28.6. The Balaban J connectivity index is 1.70. The van der Waals surface area contributed by atoms with E-state index in [1.165, 1.54) is 24.3 Å². The molecule has 2 heterocycles. The molecule has 1 aromatic carbocycles. The Morgan fingerprint density at radius 3 is 2.26 bits per heavy atom. The molecular formula is C30H37F3O6. The molecule has 4 aliphatic rings. The molecule has 0 unspecified atom stereocenters. The van der Waals surface area contributed by atoms with Crippen molar-refractivity contribution in [3.05, 3.63) is 35.9 Å². The fourth-order valence-electron chi connectivity index (χ4n) is 8.89. The summed E-state index contributed by atoms with van der Waals surface area (Å²) in [5, 5.41) is 0. The van der Waals surface area contributed by atoms with Crippen molar-refractivity contribution >= 4 is 17.5 Å². The topological polar surface area (TPSA) is 78.9 Å². The van der Waals surface area contributed by atoms with Gasteiger partial charge in [-0.25, -0.2) is 0 Å². The average molecular weight is 551 g/mol. The number of esters is 1. The summed E-state index contributed by atoms with van der Waals surface area (Å²) >= 11 is 0. The summed E-state index contributed by atoms with van der Waals surface area (Å²) < 4.78 is 62.3. The molecule has 0 amide bonds. The normalized spacial score (nSPS) is 39.4. The highest BCUT2D eigenvalue weighted by Gasteiger charge is 2.75. The Hall–Kier alpha value is -2.26. The van der Waals surface area contributed by atoms with Gasteiger partial charge in [0, 0.05) is 29.9 Å². The SMILES string of the molecule is CO[C@@](C(=O)[C@H]1C(=O)[C@H]2C(C)(C)CCC[C@]2(C)[C@@]2(CC[C@@]3(COC(=O)C3)O2)[C@H]1C)(c1ccccc1)C(F)(F)F. The van der Waals surface area contributed by atoms with Crippen LogP contribution in [0.25, 0.3) is 0 Å². The van der Waals surface area contributed by atoms with Crippen LogP contribution in [0, 0.1) is 28.6 Å². The summed E-state index contributed by atoms with van der Waals surface area (Å²) in [6.07, 6.45) is -2.04. The lowest BCUT2D eigenvalue weighted by molar-refractivity contribution is -0.274. The Bertz CT molecular complexity index is 1180. The fraction of sp³-hybridized carbons (Fsp3) is 0.700. The van der Waals surface area contributed by atoms with Crippen molar-refractivity contribution in [1.29, 1.82) is 0 Å². The minimum absolute atomic E-state index is 0.0484. The third-order valence-electron chi connectivity index (χ3n) is 10.6. The van der Waals surface area contributed by atoms with E-state index in [4.69, 9.17) is 14.2 Å². The molecule has 6 nitrogen and oxygen atoms in total. The van der Waals surface area contributed by atoms with Crippen molar-refractivity contribution in [2.24, 2.45) is 28.6 Å². The summed E-state index contributed by atoms with van der Waals surface area (Å²) in [7, 11) is 0.864. The molecule has 39 heavy (non-hydrogen) atoms. The van der Waals surface area contributed by atoms with Gasteiger partial charge in [0.25, 0.3) is 0 Å². The average Bonchev–Trinajstić information content (AvgIpc) is 3.41. The van der Waals surface area contributed by atoms with Crippen LogP contribution in [0.4, 0.5) is 13.2 Å². The minimum atomic E-state index is -5.13. The molecule has 2 aliphatic heterocycles. The quantitative estimate of drug-likeness (QED) is 0.361. The Labute approximate surface area is 226 Å². The first kappa shape index (κ1) is 28.3. The van der Waals surface area contributed by atoms with Crippen LogP contribution >= 0.6 is 0 Å². The van der Waals surface area contributed by atoms with Crippen molar-refractivity contribution in [1.82, 2.24) is 0 Å². The second-order valence-electron chi connectivity index (χ2n) is 13.0. The maximum absolute atomic E-state index is 15.0. The molecule has 9 heteroatoms. The van der Waals surface area contributed by atoms with Gasteiger partial charge in [-0.05, 0) is 31.1 Å². The van der Waals surface area contributed by atoms with Crippen LogP contribution in [-0.4, -0.2) is 48.6 Å². The first-order valence-electron chi connectivity index (χ1n) is 13.7. The van der Waals surface area contributed by atoms with Gasteiger partial charge in [0.05, 0.1) is 17.9 Å². The van der Waals surface area contributed by atoms with Crippen LogP contribution in [0.5, 0.6) is 0 Å². The number of rotatable bonds is 4. The number of carbonyl (C=O) groups excluding carboxylic acids is 3. The van der Waals surface area contributed by atoms with Crippen LogP contribution in [0.15, 0.2) is 30.3 Å². The van der Waals surface area contributed by atoms with Gasteiger partial charge in [-0.2, -0.15) is 13.2 Å². The van der Waals surface area contributed by atoms with E-state index in [0.717, 1.165) is 13.5 Å². The lowest BCUT2D eigenvalue weighted by atomic mass is 9.41. The van der Waals surface area contributed by atoms with E-state index in [0.29, 0.717) is 25.7 Å². The monoisotopic (exact) mass is 550 g/mol. The summed E-state index contributed by atoms with van der Waals surface area (Å²) in [4.78, 5) is 41.0. The number of benzene rings is 1. The van der Waals surface area contributed by atoms with E-state index in [-0.39, 0.29) is 24.6 Å². The Morgan fingerprint density at radius 1 is 1.03 bits per heavy atom. The van der Waals surface area contributed by atoms with Gasteiger partial charge in [0.15, 0.2) is 5.78 Å². The van der Waals surface area contributed by atoms with E-state index < -0.39 is 63.1 Å². The van der Waals surface area contributed by atoms with Crippen LogP contribution in [0.1, 0.15) is 71.8 Å². The summed E-state index contributed by atoms with van der Waals surface area (Å²) in [5.74, 6) is -5.39. The van der Waals surface area contributed by atoms with Crippen LogP contribution in [-0.2, 0) is 34.2 Å². The molecule has 0 bridgehead atoms. The van der Waals surface area contributed by atoms with Crippen LogP contribution < -0.4 is 0 Å². The highest BCUT2D eigenvalue weighted by atomic mass is 19.4. The lowest BCUT2D eigenvalue weighted by Crippen LogP contribution is -2.71. The van der Waals surface area contributed by atoms with Gasteiger partial charge in [-0.15, -0.1) is 0 Å². The van der Waals surface area contributed by atoms with E-state index in [1.807, 2.05) is 20.8 Å². The second kappa shape index (κ2) is 8.87. The molecule has 214 valence electrons. The highest BCUT2D eigenvalue weighted by molar-refractivity contribution is 6.09. The molecule has 2 aliphatic carbocycles. The third-order valence-corrected chi connectivity index (χ3v) is 10.6. The number of methoxy groups -OCH3 is 1. The summed E-state index contributed by atoms with van der Waals surface area (Å²) in [5.41, 5.74) is -7.00. The molecule has 2 saturated heterocycles. The molecule has 2 spiro atoms. The lowest BCUT2D eigenvalue weighted by Gasteiger charge is -2.64. The maximum atomic E-state index is 15.0. The second-order valence-corrected chi connectivity index (χ2v) is 13.0. The zero-order valence-electron chi connectivity index (χ0n) is 23.2. The van der Waals surface area contributed by atoms with Gasteiger partial charge in [-0.3, -0.25) is 14.4 Å². The molecule has 7 atom stereocenters. The maximum Gasteiger partial charge on any atom is 0.429 e. The van der Waals surface area contributed by atoms with Crippen molar-refractivity contribution in [2.75, 3.05) is 13.7 Å². The zero-order valence-corrected chi connectivity index (χ0v) is 23.2. The molecule has 0 aromatic heterocycles. The number of hydrogen-bond acceptors (Lipinski definition) is 6. The number of cyclic esters (lactones) is 1. The summed E-state index contributed by atoms with van der Waals surface area (Å²) in [6.45, 7) is 7.63. The molecule has 1 aromatic rings. The highest BCUT2D eigenvalue weighted by Crippen LogP contribution is 2.69. The first-order valence-corrected chi connectivity index (χ1v) is 13.7. The van der Waals surface area contributed by atoms with Gasteiger partial charge < -0.3 is 14.2 Å². The Kier molecular flexibility index (Phi) is 6.43. The molecule has 5 rings (SSSR count). The van der Waals surface area contributed by atoms with E-state index >= 15 is 0 Å². The number of alkyl halides is 3. The smallest absolute Gasteiger partial charge is 0.429 e. The van der Waals surface area contributed by atoms with Crippen molar-refractivity contribution in [3.8, 4) is 0 Å². The number of fused-ring (bicyclic) bond motifs is 2. The number of ether oxygens (including phenoxy) is 3. The molecule has 4 fully saturated rings. The standard InChI is InChI=1S/C30H37F3O6/c1-18-21(24(36)29(37-5,30(31,32)33)19-10-7-6-8-11-19)22(35)23-25(2,3)12-9-13-26(23,4)28(18)15-14-27(39-28)16-20(34)38-17-27/h6-8,10-11,18,21,23H,9,12-17H2,1-5H3/t18-,21+,23-,26-,27+,28+,29+/m0/s1. The summed E-state index contributed by atoms with van der Waals surface area (Å²) in [6, 6.07) is 6.80. The molecule has 2 saturated carbocycles. The largest absolute Gasteiger partial charge is 0.463 e. The molecule has 0 radical (unpaired) electrons. The van der Waals surface area contributed by atoms with E-state index in [9.17, 15) is 27.6 Å². The van der Waals surface area contributed by atoms with E-state index in [1.54, 1.807) is 13.0 Å². The minimum Gasteiger partial charge on any atom is -0.463 e. The first-order chi connectivity index (χ1) is 18.1. The molecule has 0 N–H and O–H groups in total. The number of carbonyl (C=O) groups is 3. The van der Waals surface area contributed by atoms with Crippen molar-refractivity contribution in [3.63, 3.8) is 0 Å². The molecular weight excluding hydrogens is 513 g/mol. The fourth-order valence-corrected chi connectivity index (χ4v) is 8.89. The number of halogens is 3. The van der Waals surface area contributed by atoms with Gasteiger partial charge in [0.2, 0.25) is 5.60 Å². The number of Topliss-reactive ketones (excluding diaryl/α,β-unsaturated/α-hetero) is 2. The van der Waals surface area contributed by atoms with Gasteiger partial charge >= 0.3 is 12.1 Å². The van der Waals surface area contributed by atoms with Gasteiger partial charge in [0.1, 0.15) is 18.0 Å². The number of ketones is 2. The van der Waals surface area contributed by atoms with Crippen molar-refractivity contribution in [2.45, 2.75) is 89.2 Å². The third kappa shape index (κ3) is 3.71. The van der Waals surface area contributed by atoms with Crippen molar-refractivity contribution < 1.29 is 41.8 Å². The van der Waals surface area contributed by atoms with E-state index in [2.05, 4.69) is 0 Å². The predicted molar refractivity (Wildman–Crippen MR) is 134 cm³/mol.